The molecule has 0 bridgehead atoms. The van der Waals surface area contributed by atoms with E-state index in [9.17, 15) is 14.7 Å². The molecule has 1 aromatic carbocycles. The van der Waals surface area contributed by atoms with Crippen molar-refractivity contribution >= 4 is 34.4 Å². The average molecular weight is 434 g/mol. The van der Waals surface area contributed by atoms with E-state index in [4.69, 9.17) is 11.6 Å². The monoisotopic (exact) mass is 433 g/mol. The van der Waals surface area contributed by atoms with Crippen molar-refractivity contribution in [3.05, 3.63) is 35.0 Å². The van der Waals surface area contributed by atoms with E-state index in [0.717, 1.165) is 37.1 Å². The van der Waals surface area contributed by atoms with Crippen molar-refractivity contribution in [1.82, 2.24) is 24.6 Å². The van der Waals surface area contributed by atoms with Gasteiger partial charge in [0.05, 0.1) is 11.6 Å². The second-order valence-electron chi connectivity index (χ2n) is 8.14. The summed E-state index contributed by atoms with van der Waals surface area (Å²) in [5.41, 5.74) is 1.52. The highest BCUT2D eigenvalue weighted by Crippen LogP contribution is 2.33. The third-order valence-corrected chi connectivity index (χ3v) is 6.52. The fourth-order valence-electron chi connectivity index (χ4n) is 4.39. The number of carbonyl (C=O) groups is 2. The minimum atomic E-state index is -0.891. The maximum absolute atomic E-state index is 12.6. The molecule has 0 aliphatic carbocycles. The second kappa shape index (κ2) is 8.93. The number of amides is 1. The largest absolute Gasteiger partial charge is 0.480 e. The Balaban J connectivity index is 1.40. The number of aromatic amines is 1. The third kappa shape index (κ3) is 4.32. The summed E-state index contributed by atoms with van der Waals surface area (Å²) in [5.74, 6) is -0.729. The zero-order valence-corrected chi connectivity index (χ0v) is 17.9. The fraction of sp³-hybridized carbons (Fsp3) is 0.524. The molecule has 2 saturated heterocycles. The van der Waals surface area contributed by atoms with E-state index in [1.807, 2.05) is 21.9 Å². The average Bonchev–Trinajstić information content (AvgIpc) is 3.15. The molecule has 1 aromatic heterocycles. The summed E-state index contributed by atoms with van der Waals surface area (Å²) >= 11 is 6.37. The number of nitrogens with one attached hydrogen (secondary N) is 1. The van der Waals surface area contributed by atoms with E-state index in [0.29, 0.717) is 43.3 Å². The molecule has 0 radical (unpaired) electrons. The number of fused-ring (bicyclic) bond motifs is 1. The normalized spacial score (nSPS) is 20.5. The molecule has 8 nitrogen and oxygen atoms in total. The Morgan fingerprint density at radius 1 is 1.10 bits per heavy atom. The van der Waals surface area contributed by atoms with Crippen LogP contribution >= 0.6 is 11.6 Å². The Morgan fingerprint density at radius 2 is 1.80 bits per heavy atom. The Labute approximate surface area is 181 Å². The molecule has 0 saturated carbocycles. The molecule has 2 aromatic rings. The van der Waals surface area contributed by atoms with Gasteiger partial charge in [0.2, 0.25) is 5.91 Å². The summed E-state index contributed by atoms with van der Waals surface area (Å²) in [6, 6.07) is 4.75. The zero-order chi connectivity index (χ0) is 21.3. The third-order valence-electron chi connectivity index (χ3n) is 6.20. The predicted molar refractivity (Wildman–Crippen MR) is 116 cm³/mol. The minimum Gasteiger partial charge on any atom is -0.480 e. The fourth-order valence-corrected chi connectivity index (χ4v) is 4.68. The van der Waals surface area contributed by atoms with E-state index in [1.54, 1.807) is 12.3 Å². The first-order valence-corrected chi connectivity index (χ1v) is 10.7. The second-order valence-corrected chi connectivity index (χ2v) is 8.55. The molecule has 2 aliphatic rings. The van der Waals surface area contributed by atoms with Crippen molar-refractivity contribution in [3.8, 4) is 0 Å². The number of carboxylic acids is 1. The van der Waals surface area contributed by atoms with Crippen molar-refractivity contribution < 1.29 is 14.7 Å². The number of benzene rings is 1. The number of hydrogen-bond donors (Lipinski definition) is 2. The van der Waals surface area contributed by atoms with Gasteiger partial charge in [0, 0.05) is 75.0 Å². The number of nitrogens with zero attached hydrogens (tertiary/aromatic N) is 4. The number of piperazine rings is 2. The maximum Gasteiger partial charge on any atom is 0.325 e. The van der Waals surface area contributed by atoms with Crippen LogP contribution in [0.5, 0.6) is 0 Å². The number of likely N-dealkylation sites (N-methyl/N-ethyl adjacent to an activating group) is 1. The van der Waals surface area contributed by atoms with E-state index in [2.05, 4.69) is 21.8 Å². The first kappa shape index (κ1) is 21.1. The number of halogens is 1. The number of aliphatic carboxylic acids is 1. The maximum atomic E-state index is 12.6. The van der Waals surface area contributed by atoms with Gasteiger partial charge in [-0.1, -0.05) is 17.7 Å². The van der Waals surface area contributed by atoms with Crippen LogP contribution in [0.1, 0.15) is 11.6 Å². The zero-order valence-electron chi connectivity index (χ0n) is 17.2. The SMILES string of the molecule is CN1CCN(C(=O)CN2CCN(C(C(=O)O)c3c[nH]c4cccc(Cl)c34)CC2)CC1. The summed E-state index contributed by atoms with van der Waals surface area (Å²) in [7, 11) is 2.07. The molecule has 1 unspecified atom stereocenters. The van der Waals surface area contributed by atoms with Crippen molar-refractivity contribution in [2.75, 3.05) is 66.0 Å². The molecule has 2 aliphatic heterocycles. The van der Waals surface area contributed by atoms with Crippen LogP contribution in [0.4, 0.5) is 0 Å². The number of carbonyl (C=O) groups excluding carboxylic acids is 1. The summed E-state index contributed by atoms with van der Waals surface area (Å²) in [4.78, 5) is 36.2. The van der Waals surface area contributed by atoms with Crippen LogP contribution in [0.25, 0.3) is 10.9 Å². The van der Waals surface area contributed by atoms with Gasteiger partial charge >= 0.3 is 5.97 Å². The van der Waals surface area contributed by atoms with Gasteiger partial charge < -0.3 is 19.9 Å². The number of rotatable bonds is 5. The Bertz CT molecular complexity index is 917. The van der Waals surface area contributed by atoms with Crippen molar-refractivity contribution in [3.63, 3.8) is 0 Å². The lowest BCUT2D eigenvalue weighted by molar-refractivity contribution is -0.145. The number of aromatic nitrogens is 1. The molecule has 1 amide bonds. The first-order chi connectivity index (χ1) is 14.4. The smallest absolute Gasteiger partial charge is 0.325 e. The quantitative estimate of drug-likeness (QED) is 0.740. The van der Waals surface area contributed by atoms with Gasteiger partial charge in [-0.3, -0.25) is 19.4 Å². The number of H-pyrrole nitrogens is 1. The molecule has 30 heavy (non-hydrogen) atoms. The lowest BCUT2D eigenvalue weighted by Crippen LogP contribution is -2.54. The highest BCUT2D eigenvalue weighted by Gasteiger charge is 2.33. The number of carboxylic acid groups (broad SMARTS) is 1. The van der Waals surface area contributed by atoms with Crippen LogP contribution in [-0.2, 0) is 9.59 Å². The highest BCUT2D eigenvalue weighted by molar-refractivity contribution is 6.35. The first-order valence-electron chi connectivity index (χ1n) is 10.3. The van der Waals surface area contributed by atoms with Gasteiger partial charge in [-0.15, -0.1) is 0 Å². The van der Waals surface area contributed by atoms with Crippen molar-refractivity contribution in [1.29, 1.82) is 0 Å². The standard InChI is InChI=1S/C21H28ClN5O3/c1-24-5-9-26(10-6-24)18(28)14-25-7-11-27(12-8-25)20(21(29)30)15-13-23-17-4-2-3-16(22)19(15)17/h2-4,13,20,23H,5-12,14H2,1H3,(H,29,30). The molecule has 162 valence electrons. The van der Waals surface area contributed by atoms with Gasteiger partial charge in [-0.05, 0) is 19.2 Å². The van der Waals surface area contributed by atoms with Gasteiger partial charge in [-0.25, -0.2) is 0 Å². The molecule has 0 spiro atoms. The lowest BCUT2D eigenvalue weighted by Gasteiger charge is -2.39. The van der Waals surface area contributed by atoms with E-state index >= 15 is 0 Å². The van der Waals surface area contributed by atoms with E-state index in [1.165, 1.54) is 0 Å². The Morgan fingerprint density at radius 3 is 2.47 bits per heavy atom. The summed E-state index contributed by atoms with van der Waals surface area (Å²) in [5, 5.41) is 11.3. The van der Waals surface area contributed by atoms with E-state index in [-0.39, 0.29) is 5.91 Å². The van der Waals surface area contributed by atoms with Gasteiger partial charge in [0.1, 0.15) is 6.04 Å². The molecule has 9 heteroatoms. The van der Waals surface area contributed by atoms with Crippen molar-refractivity contribution in [2.45, 2.75) is 6.04 Å². The minimum absolute atomic E-state index is 0.162. The molecule has 2 N–H and O–H groups in total. The van der Waals surface area contributed by atoms with Gasteiger partial charge in [0.25, 0.3) is 0 Å². The Kier molecular flexibility index (Phi) is 6.29. The summed E-state index contributed by atoms with van der Waals surface area (Å²) < 4.78 is 0. The molecule has 4 rings (SSSR count). The number of hydrogen-bond acceptors (Lipinski definition) is 5. The van der Waals surface area contributed by atoms with Gasteiger partial charge in [-0.2, -0.15) is 0 Å². The summed E-state index contributed by atoms with van der Waals surface area (Å²) in [6.07, 6.45) is 1.75. The van der Waals surface area contributed by atoms with Crippen molar-refractivity contribution in [2.24, 2.45) is 0 Å². The predicted octanol–water partition coefficient (Wildman–Crippen LogP) is 1.34. The Hall–Kier alpha value is -2.13. The van der Waals surface area contributed by atoms with E-state index < -0.39 is 12.0 Å². The van der Waals surface area contributed by atoms with Crippen LogP contribution in [-0.4, -0.2) is 108 Å². The molecule has 3 heterocycles. The highest BCUT2D eigenvalue weighted by atomic mass is 35.5. The van der Waals surface area contributed by atoms with Crippen LogP contribution in [0.2, 0.25) is 5.02 Å². The van der Waals surface area contributed by atoms with Crippen LogP contribution < -0.4 is 0 Å². The van der Waals surface area contributed by atoms with Crippen LogP contribution in [0.3, 0.4) is 0 Å². The molecule has 1 atom stereocenters. The lowest BCUT2D eigenvalue weighted by atomic mass is 10.0. The molecule has 2 fully saturated rings. The van der Waals surface area contributed by atoms with Crippen LogP contribution in [0.15, 0.2) is 24.4 Å². The topological polar surface area (TPSA) is 83.1 Å². The van der Waals surface area contributed by atoms with Gasteiger partial charge in [0.15, 0.2) is 0 Å². The molecular formula is C21H28ClN5O3. The van der Waals surface area contributed by atoms with Crippen LogP contribution in [0, 0.1) is 0 Å². The molecular weight excluding hydrogens is 406 g/mol. The summed E-state index contributed by atoms with van der Waals surface area (Å²) in [6.45, 7) is 6.27.